The van der Waals surface area contributed by atoms with E-state index < -0.39 is 0 Å². The fourth-order valence-electron chi connectivity index (χ4n) is 7.21. The van der Waals surface area contributed by atoms with Crippen LogP contribution in [0.15, 0.2) is 48.5 Å². The third-order valence-electron chi connectivity index (χ3n) is 9.05. The summed E-state index contributed by atoms with van der Waals surface area (Å²) in [6.07, 6.45) is 6.65. The van der Waals surface area contributed by atoms with E-state index in [0.717, 1.165) is 51.5 Å². The van der Waals surface area contributed by atoms with Crippen molar-refractivity contribution in [2.75, 3.05) is 20.6 Å². The molecule has 2 aromatic carbocycles. The lowest BCUT2D eigenvalue weighted by Gasteiger charge is -2.52. The van der Waals surface area contributed by atoms with Crippen LogP contribution in [-0.2, 0) is 16.8 Å². The zero-order valence-electron chi connectivity index (χ0n) is 22.2. The fraction of sp³-hybridized carbons (Fsp3) is 0.516. The monoisotopic (exact) mass is 489 g/mol. The molecule has 1 saturated carbocycles. The maximum Gasteiger partial charge on any atom is 0.226 e. The minimum Gasteiger partial charge on any atom is -0.356 e. The Morgan fingerprint density at radius 2 is 1.75 bits per heavy atom. The first kappa shape index (κ1) is 25.0. The minimum atomic E-state index is -0.275. The summed E-state index contributed by atoms with van der Waals surface area (Å²) in [6, 6.07) is 15.8. The number of nitrogens with zero attached hydrogens (tertiary/aromatic N) is 2. The van der Waals surface area contributed by atoms with Crippen LogP contribution < -0.4 is 0 Å². The van der Waals surface area contributed by atoms with Gasteiger partial charge in [-0.15, -0.1) is 0 Å². The summed E-state index contributed by atoms with van der Waals surface area (Å²) < 4.78 is 13.6. The Balaban J connectivity index is 1.52. The Hall–Kier alpha value is -2.66. The number of aromatic amines is 1. The van der Waals surface area contributed by atoms with Gasteiger partial charge in [0.25, 0.3) is 0 Å². The number of benzene rings is 2. The summed E-state index contributed by atoms with van der Waals surface area (Å²) in [5.74, 6) is 0.670. The van der Waals surface area contributed by atoms with Crippen molar-refractivity contribution in [2.45, 2.75) is 70.4 Å². The molecule has 3 aromatic rings. The van der Waals surface area contributed by atoms with Gasteiger partial charge in [-0.1, -0.05) is 44.2 Å². The summed E-state index contributed by atoms with van der Waals surface area (Å²) in [7, 11) is 4.25. The second kappa shape index (κ2) is 10.0. The van der Waals surface area contributed by atoms with Crippen molar-refractivity contribution in [1.29, 1.82) is 0 Å². The largest absolute Gasteiger partial charge is 0.356 e. The van der Waals surface area contributed by atoms with Gasteiger partial charge < -0.3 is 14.8 Å². The third-order valence-corrected chi connectivity index (χ3v) is 9.05. The van der Waals surface area contributed by atoms with Gasteiger partial charge in [-0.3, -0.25) is 4.79 Å². The molecule has 0 bridgehead atoms. The standard InChI is InChI=1S/C31H40FN3O/c1-5-21(6-2)30(36)35-20-17-26-25-9-7-8-10-27(25)33-29(26)31(35)18-15-23(16-19-31)28(34(3)4)22-11-13-24(32)14-12-22/h7-14,21,23,28,33H,5-6,15-20H2,1-4H3. The highest BCUT2D eigenvalue weighted by Gasteiger charge is 2.50. The molecule has 36 heavy (non-hydrogen) atoms. The summed E-state index contributed by atoms with van der Waals surface area (Å²) in [6.45, 7) is 5.07. The highest BCUT2D eigenvalue weighted by atomic mass is 19.1. The van der Waals surface area contributed by atoms with Crippen LogP contribution in [0.25, 0.3) is 10.9 Å². The number of halogens is 1. The maximum atomic E-state index is 13.9. The summed E-state index contributed by atoms with van der Waals surface area (Å²) in [4.78, 5) is 22.2. The second-order valence-corrected chi connectivity index (χ2v) is 11.1. The topological polar surface area (TPSA) is 39.3 Å². The maximum absolute atomic E-state index is 13.9. The zero-order chi connectivity index (χ0) is 25.4. The fourth-order valence-corrected chi connectivity index (χ4v) is 7.21. The van der Waals surface area contributed by atoms with E-state index in [4.69, 9.17) is 0 Å². The third kappa shape index (κ3) is 4.15. The molecule has 192 valence electrons. The zero-order valence-corrected chi connectivity index (χ0v) is 22.2. The highest BCUT2D eigenvalue weighted by Crippen LogP contribution is 2.51. The number of carbonyl (C=O) groups excluding carboxylic acids is 1. The van der Waals surface area contributed by atoms with Crippen molar-refractivity contribution in [1.82, 2.24) is 14.8 Å². The molecule has 2 aliphatic rings. The molecular weight excluding hydrogens is 449 g/mol. The first-order valence-corrected chi connectivity index (χ1v) is 13.7. The quantitative estimate of drug-likeness (QED) is 0.413. The van der Waals surface area contributed by atoms with Crippen molar-refractivity contribution in [3.63, 3.8) is 0 Å². The Labute approximate surface area is 214 Å². The average molecular weight is 490 g/mol. The number of hydrogen-bond donors (Lipinski definition) is 1. The molecular formula is C31H40FN3O. The average Bonchev–Trinajstić information content (AvgIpc) is 3.27. The predicted molar refractivity (Wildman–Crippen MR) is 144 cm³/mol. The Morgan fingerprint density at radius 3 is 2.39 bits per heavy atom. The van der Waals surface area contributed by atoms with Crippen LogP contribution >= 0.6 is 0 Å². The molecule has 1 aliphatic carbocycles. The van der Waals surface area contributed by atoms with Crippen LogP contribution in [0.1, 0.15) is 75.2 Å². The summed E-state index contributed by atoms with van der Waals surface area (Å²) >= 11 is 0. The van der Waals surface area contributed by atoms with Gasteiger partial charge in [0.2, 0.25) is 5.91 Å². The Kier molecular flexibility index (Phi) is 6.95. The van der Waals surface area contributed by atoms with Crippen LogP contribution in [0.4, 0.5) is 4.39 Å². The molecule has 1 N–H and O–H groups in total. The number of H-pyrrole nitrogens is 1. The van der Waals surface area contributed by atoms with Crippen LogP contribution in [0.5, 0.6) is 0 Å². The SMILES string of the molecule is CCC(CC)C(=O)N1CCc2c([nH]c3ccccc23)C12CCC(C(c1ccc(F)cc1)N(C)C)CC2. The molecule has 2 heterocycles. The number of carbonyl (C=O) groups is 1. The number of aromatic nitrogens is 1. The van der Waals surface area contributed by atoms with Gasteiger partial charge in [0.05, 0.1) is 5.54 Å². The van der Waals surface area contributed by atoms with E-state index in [-0.39, 0.29) is 23.3 Å². The van der Waals surface area contributed by atoms with Crippen LogP contribution in [0.2, 0.25) is 0 Å². The van der Waals surface area contributed by atoms with Gasteiger partial charge in [0.1, 0.15) is 5.82 Å². The number of amides is 1. The highest BCUT2D eigenvalue weighted by molar-refractivity contribution is 5.87. The first-order chi connectivity index (χ1) is 17.4. The molecule has 4 nitrogen and oxygen atoms in total. The first-order valence-electron chi connectivity index (χ1n) is 13.7. The summed E-state index contributed by atoms with van der Waals surface area (Å²) in [5.41, 5.74) is 4.75. The molecule has 1 fully saturated rings. The number of hydrogen-bond acceptors (Lipinski definition) is 2. The van der Waals surface area contributed by atoms with Gasteiger partial charge >= 0.3 is 0 Å². The number of rotatable bonds is 6. The molecule has 0 saturated heterocycles. The molecule has 1 atom stereocenters. The normalized spacial score (nSPS) is 23.0. The van der Waals surface area contributed by atoms with Gasteiger partial charge in [0.15, 0.2) is 0 Å². The van der Waals surface area contributed by atoms with Gasteiger partial charge in [0, 0.05) is 35.1 Å². The van der Waals surface area contributed by atoms with Gasteiger partial charge in [-0.2, -0.15) is 0 Å². The van der Waals surface area contributed by atoms with Gasteiger partial charge in [-0.25, -0.2) is 4.39 Å². The number of nitrogens with one attached hydrogen (secondary N) is 1. The van der Waals surface area contributed by atoms with E-state index in [2.05, 4.69) is 67.0 Å². The van der Waals surface area contributed by atoms with Crippen molar-refractivity contribution >= 4 is 16.8 Å². The van der Waals surface area contributed by atoms with E-state index in [0.29, 0.717) is 11.8 Å². The van der Waals surface area contributed by atoms with Crippen molar-refractivity contribution < 1.29 is 9.18 Å². The molecule has 1 amide bonds. The van der Waals surface area contributed by atoms with Crippen LogP contribution in [-0.4, -0.2) is 41.3 Å². The molecule has 0 radical (unpaired) electrons. The van der Waals surface area contributed by atoms with Gasteiger partial charge in [-0.05, 0) is 94.3 Å². The molecule has 1 unspecified atom stereocenters. The molecule has 5 heteroatoms. The minimum absolute atomic E-state index is 0.0827. The van der Waals surface area contributed by atoms with Crippen LogP contribution in [0, 0.1) is 17.7 Å². The lowest BCUT2D eigenvalue weighted by Crippen LogP contribution is -2.57. The summed E-state index contributed by atoms with van der Waals surface area (Å²) in [5, 5.41) is 1.31. The van der Waals surface area contributed by atoms with Crippen molar-refractivity contribution in [3.05, 3.63) is 71.2 Å². The van der Waals surface area contributed by atoms with Crippen LogP contribution in [0.3, 0.4) is 0 Å². The molecule has 1 spiro atoms. The lowest BCUT2D eigenvalue weighted by atomic mass is 9.68. The smallest absolute Gasteiger partial charge is 0.226 e. The molecule has 1 aliphatic heterocycles. The van der Waals surface area contributed by atoms with E-state index in [1.165, 1.54) is 27.7 Å². The number of para-hydroxylation sites is 1. The number of fused-ring (bicyclic) bond motifs is 4. The molecule has 1 aromatic heterocycles. The Morgan fingerprint density at radius 1 is 1.08 bits per heavy atom. The van der Waals surface area contributed by atoms with Crippen molar-refractivity contribution in [2.24, 2.45) is 11.8 Å². The molecule has 5 rings (SSSR count). The van der Waals surface area contributed by atoms with Crippen molar-refractivity contribution in [3.8, 4) is 0 Å². The van der Waals surface area contributed by atoms with E-state index in [1.807, 2.05) is 12.1 Å². The van der Waals surface area contributed by atoms with E-state index in [9.17, 15) is 9.18 Å². The predicted octanol–water partition coefficient (Wildman–Crippen LogP) is 6.82. The lowest BCUT2D eigenvalue weighted by molar-refractivity contribution is -0.146. The van der Waals surface area contributed by atoms with E-state index >= 15 is 0 Å². The Bertz CT molecular complexity index is 1200. The second-order valence-electron chi connectivity index (χ2n) is 11.1. The van der Waals surface area contributed by atoms with E-state index in [1.54, 1.807) is 12.1 Å².